The van der Waals surface area contributed by atoms with Crippen LogP contribution >= 0.6 is 0 Å². The summed E-state index contributed by atoms with van der Waals surface area (Å²) in [7, 11) is 1.68. The molecule has 18 heavy (non-hydrogen) atoms. The van der Waals surface area contributed by atoms with Crippen LogP contribution in [0.5, 0.6) is 0 Å². The van der Waals surface area contributed by atoms with Gasteiger partial charge in [-0.25, -0.2) is 0 Å². The lowest BCUT2D eigenvalue weighted by Crippen LogP contribution is -2.21. The number of nitrogens with zero attached hydrogens (tertiary/aromatic N) is 2. The lowest BCUT2D eigenvalue weighted by Gasteiger charge is -2.12. The van der Waals surface area contributed by atoms with E-state index in [4.69, 9.17) is 9.47 Å². The maximum atomic E-state index is 5.39. The topological polar surface area (TPSA) is 56.3 Å². The van der Waals surface area contributed by atoms with Gasteiger partial charge in [0.05, 0.1) is 18.9 Å². The zero-order valence-electron chi connectivity index (χ0n) is 11.3. The van der Waals surface area contributed by atoms with E-state index in [0.717, 1.165) is 31.7 Å². The molecule has 0 aromatic carbocycles. The van der Waals surface area contributed by atoms with Crippen molar-refractivity contribution in [2.45, 2.75) is 25.8 Å². The van der Waals surface area contributed by atoms with Crippen LogP contribution in [0.1, 0.15) is 31.5 Å². The Morgan fingerprint density at radius 2 is 2.11 bits per heavy atom. The molecule has 1 rings (SSSR count). The van der Waals surface area contributed by atoms with Crippen molar-refractivity contribution < 1.29 is 9.47 Å². The van der Waals surface area contributed by atoms with Crippen molar-refractivity contribution in [1.82, 2.24) is 15.3 Å². The number of unbranched alkanes of at least 4 members (excludes halogenated alkanes) is 1. The first kappa shape index (κ1) is 15.0. The van der Waals surface area contributed by atoms with Crippen molar-refractivity contribution in [3.8, 4) is 0 Å². The molecule has 1 atom stereocenters. The number of aromatic nitrogens is 2. The first-order chi connectivity index (χ1) is 8.84. The molecule has 0 aliphatic rings. The van der Waals surface area contributed by atoms with Crippen LogP contribution in [0.3, 0.4) is 0 Å². The van der Waals surface area contributed by atoms with Crippen molar-refractivity contribution in [1.29, 1.82) is 0 Å². The van der Waals surface area contributed by atoms with E-state index in [9.17, 15) is 0 Å². The van der Waals surface area contributed by atoms with E-state index in [-0.39, 0.29) is 6.04 Å². The highest BCUT2D eigenvalue weighted by Gasteiger charge is 2.04. The quantitative estimate of drug-likeness (QED) is 0.641. The van der Waals surface area contributed by atoms with Gasteiger partial charge < -0.3 is 14.8 Å². The molecule has 0 saturated heterocycles. The maximum Gasteiger partial charge on any atom is 0.0753 e. The molecule has 5 heteroatoms. The molecule has 0 aliphatic heterocycles. The molecule has 0 amide bonds. The second-order valence-corrected chi connectivity index (χ2v) is 4.12. The van der Waals surface area contributed by atoms with Gasteiger partial charge in [-0.15, -0.1) is 0 Å². The third kappa shape index (κ3) is 6.64. The summed E-state index contributed by atoms with van der Waals surface area (Å²) in [5, 5.41) is 3.42. The average molecular weight is 253 g/mol. The van der Waals surface area contributed by atoms with Crippen LogP contribution < -0.4 is 5.32 Å². The van der Waals surface area contributed by atoms with Gasteiger partial charge in [0.15, 0.2) is 0 Å². The van der Waals surface area contributed by atoms with Gasteiger partial charge in [-0.2, -0.15) is 0 Å². The highest BCUT2D eigenvalue weighted by atomic mass is 16.5. The van der Waals surface area contributed by atoms with Gasteiger partial charge >= 0.3 is 0 Å². The summed E-state index contributed by atoms with van der Waals surface area (Å²) < 4.78 is 10.3. The molecule has 1 aromatic heterocycles. The summed E-state index contributed by atoms with van der Waals surface area (Å²) in [6.07, 6.45) is 7.36. The Kier molecular flexibility index (Phi) is 8.29. The molecule has 0 spiro atoms. The van der Waals surface area contributed by atoms with E-state index in [1.807, 2.05) is 0 Å². The van der Waals surface area contributed by atoms with Gasteiger partial charge in [0.1, 0.15) is 0 Å². The van der Waals surface area contributed by atoms with E-state index in [1.165, 1.54) is 0 Å². The third-order valence-electron chi connectivity index (χ3n) is 2.62. The van der Waals surface area contributed by atoms with Crippen LogP contribution in [-0.2, 0) is 9.47 Å². The van der Waals surface area contributed by atoms with Crippen LogP contribution in [0.25, 0.3) is 0 Å². The van der Waals surface area contributed by atoms with Gasteiger partial charge in [0.2, 0.25) is 0 Å². The number of ether oxygens (including phenoxy) is 2. The Bertz CT molecular complexity index is 296. The summed E-state index contributed by atoms with van der Waals surface area (Å²) >= 11 is 0. The highest BCUT2D eigenvalue weighted by Crippen LogP contribution is 2.06. The molecule has 0 saturated carbocycles. The molecule has 0 fully saturated rings. The fraction of sp³-hybridized carbons (Fsp3) is 0.692. The molecule has 1 heterocycles. The van der Waals surface area contributed by atoms with E-state index in [0.29, 0.717) is 13.2 Å². The molecule has 1 aromatic rings. The smallest absolute Gasteiger partial charge is 0.0753 e. The minimum atomic E-state index is 0.244. The number of hydrogen-bond acceptors (Lipinski definition) is 5. The summed E-state index contributed by atoms with van der Waals surface area (Å²) in [5.74, 6) is 0. The van der Waals surface area contributed by atoms with Gasteiger partial charge in [-0.05, 0) is 26.3 Å². The van der Waals surface area contributed by atoms with E-state index >= 15 is 0 Å². The zero-order valence-corrected chi connectivity index (χ0v) is 11.3. The number of hydrogen-bond donors (Lipinski definition) is 1. The fourth-order valence-electron chi connectivity index (χ4n) is 1.53. The standard InChI is InChI=1S/C13H23N3O2/c1-12(13-11-14-6-7-16-13)15-5-3-4-8-18-10-9-17-2/h6-7,11-12,15H,3-5,8-10H2,1-2H3. The van der Waals surface area contributed by atoms with Crippen LogP contribution in [0, 0.1) is 0 Å². The van der Waals surface area contributed by atoms with Crippen molar-refractivity contribution >= 4 is 0 Å². The van der Waals surface area contributed by atoms with Crippen molar-refractivity contribution in [3.05, 3.63) is 24.3 Å². The predicted molar refractivity (Wildman–Crippen MR) is 70.4 cm³/mol. The Morgan fingerprint density at radius 3 is 2.83 bits per heavy atom. The Hall–Kier alpha value is -1.04. The first-order valence-electron chi connectivity index (χ1n) is 6.40. The largest absolute Gasteiger partial charge is 0.382 e. The number of nitrogens with one attached hydrogen (secondary N) is 1. The molecular weight excluding hydrogens is 230 g/mol. The normalized spacial score (nSPS) is 12.6. The maximum absolute atomic E-state index is 5.39. The fourth-order valence-corrected chi connectivity index (χ4v) is 1.53. The molecule has 1 N–H and O–H groups in total. The van der Waals surface area contributed by atoms with Crippen LogP contribution in [0.4, 0.5) is 0 Å². The van der Waals surface area contributed by atoms with Crippen molar-refractivity contribution in [2.24, 2.45) is 0 Å². The predicted octanol–water partition coefficient (Wildman–Crippen LogP) is 1.57. The molecule has 0 radical (unpaired) electrons. The van der Waals surface area contributed by atoms with Gasteiger partial charge in [0.25, 0.3) is 0 Å². The van der Waals surface area contributed by atoms with E-state index in [1.54, 1.807) is 25.7 Å². The molecule has 0 bridgehead atoms. The van der Waals surface area contributed by atoms with Crippen molar-refractivity contribution in [2.75, 3.05) is 33.5 Å². The average Bonchev–Trinajstić information content (AvgIpc) is 2.42. The summed E-state index contributed by atoms with van der Waals surface area (Å²) in [6, 6.07) is 0.244. The lowest BCUT2D eigenvalue weighted by molar-refractivity contribution is 0.0687. The molecule has 0 aliphatic carbocycles. The van der Waals surface area contributed by atoms with E-state index < -0.39 is 0 Å². The minimum absolute atomic E-state index is 0.244. The first-order valence-corrected chi connectivity index (χ1v) is 6.40. The molecule has 1 unspecified atom stereocenters. The Balaban J connectivity index is 1.98. The second-order valence-electron chi connectivity index (χ2n) is 4.12. The zero-order chi connectivity index (χ0) is 13.1. The SMILES string of the molecule is COCCOCCCCNC(C)c1cnccn1. The Labute approximate surface area is 109 Å². The van der Waals surface area contributed by atoms with Crippen LogP contribution in [0.15, 0.2) is 18.6 Å². The van der Waals surface area contributed by atoms with E-state index in [2.05, 4.69) is 22.2 Å². The summed E-state index contributed by atoms with van der Waals surface area (Å²) in [5.41, 5.74) is 0.980. The molecule has 102 valence electrons. The number of methoxy groups -OCH3 is 1. The van der Waals surface area contributed by atoms with Gasteiger partial charge in [0, 0.05) is 38.3 Å². The summed E-state index contributed by atoms with van der Waals surface area (Å²) in [6.45, 7) is 5.21. The van der Waals surface area contributed by atoms with Crippen LogP contribution in [0.2, 0.25) is 0 Å². The number of rotatable bonds is 10. The third-order valence-corrected chi connectivity index (χ3v) is 2.62. The van der Waals surface area contributed by atoms with Gasteiger partial charge in [-0.1, -0.05) is 0 Å². The minimum Gasteiger partial charge on any atom is -0.382 e. The van der Waals surface area contributed by atoms with Crippen molar-refractivity contribution in [3.63, 3.8) is 0 Å². The monoisotopic (exact) mass is 253 g/mol. The lowest BCUT2D eigenvalue weighted by atomic mass is 10.2. The highest BCUT2D eigenvalue weighted by molar-refractivity contribution is 5.00. The van der Waals surface area contributed by atoms with Crippen LogP contribution in [-0.4, -0.2) is 43.4 Å². The summed E-state index contributed by atoms with van der Waals surface area (Å²) in [4.78, 5) is 8.32. The van der Waals surface area contributed by atoms with Gasteiger partial charge in [-0.3, -0.25) is 9.97 Å². The molecule has 5 nitrogen and oxygen atoms in total. The Morgan fingerprint density at radius 1 is 1.22 bits per heavy atom. The molecular formula is C13H23N3O2. The second kappa shape index (κ2) is 9.94.